The van der Waals surface area contributed by atoms with Crippen molar-refractivity contribution in [1.82, 2.24) is 0 Å². The molecule has 8 aromatic carbocycles. The van der Waals surface area contributed by atoms with Gasteiger partial charge in [-0.1, -0.05) is 146 Å². The molecule has 42 heavy (non-hydrogen) atoms. The maximum atomic E-state index is 2.31. The van der Waals surface area contributed by atoms with E-state index in [1.165, 1.54) is 76.8 Å². The topological polar surface area (TPSA) is 0 Å². The second-order valence-electron chi connectivity index (χ2n) is 11.0. The fourth-order valence-electron chi connectivity index (χ4n) is 6.17. The molecule has 0 N–H and O–H groups in total. The molecule has 0 aliphatic carbocycles. The van der Waals surface area contributed by atoms with Crippen LogP contribution in [0, 0.1) is 0 Å². The lowest BCUT2D eigenvalue weighted by Gasteiger charge is -2.10. The van der Waals surface area contributed by atoms with Crippen LogP contribution in [0.1, 0.15) is 0 Å². The Balaban J connectivity index is 1.09. The van der Waals surface area contributed by atoms with Crippen LogP contribution in [0.15, 0.2) is 170 Å². The molecule has 0 nitrogen and oxygen atoms in total. The van der Waals surface area contributed by atoms with E-state index in [2.05, 4.69) is 170 Å². The maximum Gasteiger partial charge on any atom is -0.0105 e. The second kappa shape index (κ2) is 10.2. The Kier molecular flexibility index (Phi) is 5.90. The summed E-state index contributed by atoms with van der Waals surface area (Å²) in [5.74, 6) is 0. The smallest absolute Gasteiger partial charge is 0.0105 e. The molecule has 0 heteroatoms. The highest BCUT2D eigenvalue weighted by Gasteiger charge is 2.07. The van der Waals surface area contributed by atoms with E-state index in [1.807, 2.05) is 0 Å². The van der Waals surface area contributed by atoms with E-state index in [4.69, 9.17) is 0 Å². The molecule has 0 aliphatic rings. The first kappa shape index (κ1) is 24.3. The molecule has 0 amide bonds. The van der Waals surface area contributed by atoms with Crippen LogP contribution in [0.2, 0.25) is 0 Å². The molecule has 8 rings (SSSR count). The summed E-state index contributed by atoms with van der Waals surface area (Å²) in [6, 6.07) is 61.8. The molecule has 0 aliphatic heterocycles. The lowest BCUT2D eigenvalue weighted by molar-refractivity contribution is 1.60. The highest BCUT2D eigenvalue weighted by molar-refractivity contribution is 5.97. The zero-order valence-corrected chi connectivity index (χ0v) is 23.2. The monoisotopic (exact) mass is 532 g/mol. The minimum absolute atomic E-state index is 1.23. The SMILES string of the molecule is c1cc(-c2ccc3ccccc3c2)cc(-c2ccc3cc(-c4ccc(-c5cccc6ccccc56)cc4)ccc3c2)c1. The summed E-state index contributed by atoms with van der Waals surface area (Å²) in [6.07, 6.45) is 0. The first-order valence-corrected chi connectivity index (χ1v) is 14.5. The van der Waals surface area contributed by atoms with Crippen LogP contribution in [0.4, 0.5) is 0 Å². The van der Waals surface area contributed by atoms with Crippen molar-refractivity contribution in [2.45, 2.75) is 0 Å². The van der Waals surface area contributed by atoms with Crippen molar-refractivity contribution in [3.63, 3.8) is 0 Å². The van der Waals surface area contributed by atoms with E-state index in [1.54, 1.807) is 0 Å². The Morgan fingerprint density at radius 1 is 0.214 bits per heavy atom. The van der Waals surface area contributed by atoms with Gasteiger partial charge < -0.3 is 0 Å². The Morgan fingerprint density at radius 2 is 0.643 bits per heavy atom. The molecule has 0 spiro atoms. The van der Waals surface area contributed by atoms with Crippen LogP contribution >= 0.6 is 0 Å². The van der Waals surface area contributed by atoms with Crippen molar-refractivity contribution < 1.29 is 0 Å². The van der Waals surface area contributed by atoms with Gasteiger partial charge in [-0.15, -0.1) is 0 Å². The van der Waals surface area contributed by atoms with E-state index in [9.17, 15) is 0 Å². The quantitative estimate of drug-likeness (QED) is 0.211. The largest absolute Gasteiger partial charge is 0.0616 e. The molecular formula is C42H28. The van der Waals surface area contributed by atoms with Crippen LogP contribution in [0.5, 0.6) is 0 Å². The van der Waals surface area contributed by atoms with Gasteiger partial charge in [-0.25, -0.2) is 0 Å². The lowest BCUT2D eigenvalue weighted by Crippen LogP contribution is -1.85. The van der Waals surface area contributed by atoms with E-state index < -0.39 is 0 Å². The number of fused-ring (bicyclic) bond motifs is 3. The van der Waals surface area contributed by atoms with Crippen molar-refractivity contribution in [2.24, 2.45) is 0 Å². The highest BCUT2D eigenvalue weighted by Crippen LogP contribution is 2.34. The Hall–Kier alpha value is -5.46. The van der Waals surface area contributed by atoms with Crippen LogP contribution in [0.3, 0.4) is 0 Å². The van der Waals surface area contributed by atoms with Crippen molar-refractivity contribution in [3.05, 3.63) is 170 Å². The fraction of sp³-hybridized carbons (Fsp3) is 0. The van der Waals surface area contributed by atoms with Gasteiger partial charge in [0.25, 0.3) is 0 Å². The van der Waals surface area contributed by atoms with Gasteiger partial charge in [-0.05, 0) is 101 Å². The van der Waals surface area contributed by atoms with Crippen LogP contribution in [-0.4, -0.2) is 0 Å². The zero-order chi connectivity index (χ0) is 27.9. The molecule has 0 fully saturated rings. The molecule has 8 aromatic rings. The van der Waals surface area contributed by atoms with E-state index in [0.717, 1.165) is 0 Å². The van der Waals surface area contributed by atoms with Gasteiger partial charge in [0.2, 0.25) is 0 Å². The molecule has 196 valence electrons. The number of hydrogen-bond donors (Lipinski definition) is 0. The Labute approximate surface area is 246 Å². The minimum atomic E-state index is 1.23. The van der Waals surface area contributed by atoms with Crippen molar-refractivity contribution in [3.8, 4) is 44.5 Å². The first-order chi connectivity index (χ1) is 20.8. The average molecular weight is 533 g/mol. The number of rotatable bonds is 4. The molecular weight excluding hydrogens is 504 g/mol. The molecule has 0 aromatic heterocycles. The van der Waals surface area contributed by atoms with Gasteiger partial charge in [0.05, 0.1) is 0 Å². The third-order valence-electron chi connectivity index (χ3n) is 8.44. The van der Waals surface area contributed by atoms with E-state index in [0.29, 0.717) is 0 Å². The highest BCUT2D eigenvalue weighted by atomic mass is 14.1. The normalized spacial score (nSPS) is 11.3. The van der Waals surface area contributed by atoms with Crippen LogP contribution < -0.4 is 0 Å². The van der Waals surface area contributed by atoms with Gasteiger partial charge in [0, 0.05) is 0 Å². The Bertz CT molecular complexity index is 2230. The molecule has 0 saturated heterocycles. The third kappa shape index (κ3) is 4.44. The second-order valence-corrected chi connectivity index (χ2v) is 11.0. The van der Waals surface area contributed by atoms with E-state index >= 15 is 0 Å². The van der Waals surface area contributed by atoms with Gasteiger partial charge >= 0.3 is 0 Å². The zero-order valence-electron chi connectivity index (χ0n) is 23.2. The Morgan fingerprint density at radius 3 is 1.33 bits per heavy atom. The molecule has 0 unspecified atom stereocenters. The van der Waals surface area contributed by atoms with Crippen molar-refractivity contribution in [1.29, 1.82) is 0 Å². The molecule has 0 heterocycles. The van der Waals surface area contributed by atoms with Gasteiger partial charge in [0.15, 0.2) is 0 Å². The summed E-state index contributed by atoms with van der Waals surface area (Å²) >= 11 is 0. The summed E-state index contributed by atoms with van der Waals surface area (Å²) < 4.78 is 0. The predicted molar refractivity (Wildman–Crippen MR) is 181 cm³/mol. The molecule has 0 atom stereocenters. The first-order valence-electron chi connectivity index (χ1n) is 14.5. The van der Waals surface area contributed by atoms with Crippen molar-refractivity contribution >= 4 is 32.3 Å². The molecule has 0 saturated carbocycles. The van der Waals surface area contributed by atoms with E-state index in [-0.39, 0.29) is 0 Å². The maximum absolute atomic E-state index is 2.31. The number of hydrogen-bond acceptors (Lipinski definition) is 0. The summed E-state index contributed by atoms with van der Waals surface area (Å²) in [5, 5.41) is 7.60. The van der Waals surface area contributed by atoms with Crippen LogP contribution in [0.25, 0.3) is 76.8 Å². The van der Waals surface area contributed by atoms with Gasteiger partial charge in [-0.3, -0.25) is 0 Å². The van der Waals surface area contributed by atoms with Gasteiger partial charge in [-0.2, -0.15) is 0 Å². The van der Waals surface area contributed by atoms with Crippen LogP contribution in [-0.2, 0) is 0 Å². The predicted octanol–water partition coefficient (Wildman–Crippen LogP) is 11.8. The lowest BCUT2D eigenvalue weighted by atomic mass is 9.94. The minimum Gasteiger partial charge on any atom is -0.0616 e. The summed E-state index contributed by atoms with van der Waals surface area (Å²) in [5.41, 5.74) is 9.93. The summed E-state index contributed by atoms with van der Waals surface area (Å²) in [4.78, 5) is 0. The van der Waals surface area contributed by atoms with Crippen molar-refractivity contribution in [2.75, 3.05) is 0 Å². The summed E-state index contributed by atoms with van der Waals surface area (Å²) in [6.45, 7) is 0. The molecule has 0 bridgehead atoms. The number of benzene rings is 8. The summed E-state index contributed by atoms with van der Waals surface area (Å²) in [7, 11) is 0. The molecule has 0 radical (unpaired) electrons. The fourth-order valence-corrected chi connectivity index (χ4v) is 6.17. The standard InChI is InChI=1S/C42H28/c1-2-9-33-25-37(20-17-29(33)7-1)34-11-5-12-35(26-34)38-23-24-39-27-36(21-22-40(39)28-38)30-15-18-32(19-16-30)42-14-6-10-31-8-3-4-13-41(31)42/h1-28H. The third-order valence-corrected chi connectivity index (χ3v) is 8.44. The average Bonchev–Trinajstić information content (AvgIpc) is 3.07. The van der Waals surface area contributed by atoms with Gasteiger partial charge in [0.1, 0.15) is 0 Å².